The molecule has 0 aliphatic rings. The second-order valence-corrected chi connectivity index (χ2v) is 4.09. The van der Waals surface area contributed by atoms with Crippen molar-refractivity contribution < 1.29 is 24.0 Å². The minimum absolute atomic E-state index is 0.140. The zero-order valence-electron chi connectivity index (χ0n) is 10.9. The summed E-state index contributed by atoms with van der Waals surface area (Å²) in [6, 6.07) is 7.43. The van der Waals surface area contributed by atoms with Gasteiger partial charge in [-0.2, -0.15) is 0 Å². The topological polar surface area (TPSA) is 122 Å². The van der Waals surface area contributed by atoms with Gasteiger partial charge in [-0.15, -0.1) is 0 Å². The van der Waals surface area contributed by atoms with Crippen molar-refractivity contribution in [1.82, 2.24) is 5.16 Å². The number of benzene rings is 1. The Bertz CT molecular complexity index is 690. The van der Waals surface area contributed by atoms with E-state index in [9.17, 15) is 14.4 Å². The second kappa shape index (κ2) is 5.87. The molecule has 108 valence electrons. The van der Waals surface area contributed by atoms with Crippen LogP contribution < -0.4 is 10.6 Å². The van der Waals surface area contributed by atoms with Gasteiger partial charge in [0.2, 0.25) is 11.7 Å². The second-order valence-electron chi connectivity index (χ2n) is 4.09. The number of anilines is 2. The Morgan fingerprint density at radius 2 is 1.67 bits per heavy atom. The van der Waals surface area contributed by atoms with Crippen LogP contribution in [0.5, 0.6) is 0 Å². The largest absolute Gasteiger partial charge is 0.475 e. The van der Waals surface area contributed by atoms with Gasteiger partial charge in [0.1, 0.15) is 0 Å². The summed E-state index contributed by atoms with van der Waals surface area (Å²) in [6.07, 6.45) is 0. The van der Waals surface area contributed by atoms with Crippen molar-refractivity contribution in [2.45, 2.75) is 6.92 Å². The molecule has 0 aliphatic heterocycles. The molecule has 0 saturated carbocycles. The van der Waals surface area contributed by atoms with Crippen LogP contribution in [0.2, 0.25) is 0 Å². The van der Waals surface area contributed by atoms with Crippen molar-refractivity contribution in [3.05, 3.63) is 41.8 Å². The first-order valence-electron chi connectivity index (χ1n) is 5.85. The molecule has 2 aromatic rings. The van der Waals surface area contributed by atoms with E-state index in [1.165, 1.54) is 6.92 Å². The van der Waals surface area contributed by atoms with E-state index >= 15 is 0 Å². The van der Waals surface area contributed by atoms with Gasteiger partial charge in [-0.1, -0.05) is 5.16 Å². The molecule has 1 heterocycles. The van der Waals surface area contributed by atoms with Gasteiger partial charge in [0.15, 0.2) is 5.69 Å². The van der Waals surface area contributed by atoms with E-state index in [4.69, 9.17) is 5.11 Å². The van der Waals surface area contributed by atoms with E-state index in [1.807, 2.05) is 0 Å². The molecule has 21 heavy (non-hydrogen) atoms. The summed E-state index contributed by atoms with van der Waals surface area (Å²) in [7, 11) is 0. The Morgan fingerprint density at radius 3 is 2.14 bits per heavy atom. The maximum Gasteiger partial charge on any atom is 0.374 e. The number of aromatic carboxylic acids is 1. The molecule has 8 nitrogen and oxygen atoms in total. The van der Waals surface area contributed by atoms with Crippen molar-refractivity contribution in [2.75, 3.05) is 10.6 Å². The molecule has 0 radical (unpaired) electrons. The lowest BCUT2D eigenvalue weighted by Gasteiger charge is -2.05. The molecular formula is C13H11N3O5. The lowest BCUT2D eigenvalue weighted by atomic mass is 10.2. The summed E-state index contributed by atoms with van der Waals surface area (Å²) < 4.78 is 4.49. The third kappa shape index (κ3) is 3.66. The lowest BCUT2D eigenvalue weighted by molar-refractivity contribution is -0.114. The zero-order valence-corrected chi connectivity index (χ0v) is 10.9. The number of carbonyl (C=O) groups is 3. The number of hydrogen-bond acceptors (Lipinski definition) is 5. The molecule has 0 aliphatic carbocycles. The number of carbonyl (C=O) groups excluding carboxylic acids is 2. The molecule has 3 N–H and O–H groups in total. The Kier molecular flexibility index (Phi) is 3.98. The predicted octanol–water partition coefficient (Wildman–Crippen LogP) is 1.58. The number of nitrogens with zero attached hydrogens (tertiary/aromatic N) is 1. The Labute approximate surface area is 118 Å². The van der Waals surface area contributed by atoms with Gasteiger partial charge in [-0.25, -0.2) is 4.79 Å². The first kappa shape index (κ1) is 14.3. The van der Waals surface area contributed by atoms with E-state index < -0.39 is 17.6 Å². The molecule has 0 spiro atoms. The highest BCUT2D eigenvalue weighted by Crippen LogP contribution is 2.14. The van der Waals surface area contributed by atoms with Gasteiger partial charge in [-0.3, -0.25) is 9.59 Å². The molecular weight excluding hydrogens is 278 g/mol. The first-order chi connectivity index (χ1) is 9.95. The van der Waals surface area contributed by atoms with Gasteiger partial charge >= 0.3 is 5.97 Å². The molecule has 0 saturated heterocycles. The van der Waals surface area contributed by atoms with E-state index in [2.05, 4.69) is 20.3 Å². The lowest BCUT2D eigenvalue weighted by Crippen LogP contribution is -2.12. The van der Waals surface area contributed by atoms with Gasteiger partial charge in [-0.05, 0) is 24.3 Å². The van der Waals surface area contributed by atoms with Crippen LogP contribution in [0.15, 0.2) is 34.9 Å². The summed E-state index contributed by atoms with van der Waals surface area (Å²) >= 11 is 0. The van der Waals surface area contributed by atoms with Gasteiger partial charge in [0, 0.05) is 24.4 Å². The molecule has 0 bridgehead atoms. The number of amides is 2. The number of carboxylic acid groups (broad SMARTS) is 1. The minimum atomic E-state index is -1.30. The van der Waals surface area contributed by atoms with Gasteiger partial charge in [0.05, 0.1) is 0 Å². The molecule has 8 heteroatoms. The summed E-state index contributed by atoms with van der Waals surface area (Å²) in [5, 5.41) is 17.2. The number of nitrogens with one attached hydrogen (secondary N) is 2. The Morgan fingerprint density at radius 1 is 1.10 bits per heavy atom. The average Bonchev–Trinajstić information content (AvgIpc) is 2.90. The smallest absolute Gasteiger partial charge is 0.374 e. The van der Waals surface area contributed by atoms with Crippen molar-refractivity contribution in [3.63, 3.8) is 0 Å². The van der Waals surface area contributed by atoms with Crippen molar-refractivity contribution in [2.24, 2.45) is 0 Å². The summed E-state index contributed by atoms with van der Waals surface area (Å²) in [6.45, 7) is 1.39. The van der Waals surface area contributed by atoms with Crippen LogP contribution in [0.4, 0.5) is 11.4 Å². The van der Waals surface area contributed by atoms with Crippen molar-refractivity contribution >= 4 is 29.2 Å². The number of hydrogen-bond donors (Lipinski definition) is 3. The van der Waals surface area contributed by atoms with Crippen LogP contribution in [0.3, 0.4) is 0 Å². The predicted molar refractivity (Wildman–Crippen MR) is 72.2 cm³/mol. The molecule has 1 aromatic carbocycles. The fourth-order valence-electron chi connectivity index (χ4n) is 1.52. The zero-order chi connectivity index (χ0) is 15.4. The summed E-state index contributed by atoms with van der Waals surface area (Å²) in [5.74, 6) is -2.52. The SMILES string of the molecule is CC(=O)Nc1ccc(NC(=O)c2cc(C(=O)O)on2)cc1. The third-order valence-electron chi connectivity index (χ3n) is 2.42. The molecule has 0 unspecified atom stereocenters. The van der Waals surface area contributed by atoms with Crippen LogP contribution in [0.1, 0.15) is 28.0 Å². The monoisotopic (exact) mass is 289 g/mol. The van der Waals surface area contributed by atoms with Crippen molar-refractivity contribution in [1.29, 1.82) is 0 Å². The highest BCUT2D eigenvalue weighted by Gasteiger charge is 2.16. The van der Waals surface area contributed by atoms with Gasteiger partial charge in [0.25, 0.3) is 5.91 Å². The highest BCUT2D eigenvalue weighted by molar-refractivity contribution is 6.03. The molecule has 0 fully saturated rings. The number of rotatable bonds is 4. The maximum atomic E-state index is 11.8. The number of aromatic nitrogens is 1. The maximum absolute atomic E-state index is 11.8. The van der Waals surface area contributed by atoms with E-state index in [1.54, 1.807) is 24.3 Å². The molecule has 2 rings (SSSR count). The van der Waals surface area contributed by atoms with Crippen molar-refractivity contribution in [3.8, 4) is 0 Å². The fraction of sp³-hybridized carbons (Fsp3) is 0.0769. The Balaban J connectivity index is 2.04. The fourth-order valence-corrected chi connectivity index (χ4v) is 1.52. The molecule has 0 atom stereocenters. The van der Waals surface area contributed by atoms with Crippen LogP contribution in [-0.2, 0) is 4.79 Å². The average molecular weight is 289 g/mol. The normalized spacial score (nSPS) is 9.95. The summed E-state index contributed by atoms with van der Waals surface area (Å²) in [5.41, 5.74) is 0.919. The van der Waals surface area contributed by atoms with E-state index in [0.29, 0.717) is 11.4 Å². The minimum Gasteiger partial charge on any atom is -0.475 e. The Hall–Kier alpha value is -3.16. The molecule has 1 aromatic heterocycles. The van der Waals surface area contributed by atoms with Crippen LogP contribution in [0, 0.1) is 0 Å². The highest BCUT2D eigenvalue weighted by atomic mass is 16.5. The standard InChI is InChI=1S/C13H11N3O5/c1-7(17)14-8-2-4-9(5-3-8)15-12(18)10-6-11(13(19)20)21-16-10/h2-6H,1H3,(H,14,17)(H,15,18)(H,19,20). The first-order valence-corrected chi connectivity index (χ1v) is 5.85. The molecule has 2 amide bonds. The van der Waals surface area contributed by atoms with E-state index in [-0.39, 0.29) is 11.6 Å². The van der Waals surface area contributed by atoms with E-state index in [0.717, 1.165) is 6.07 Å². The number of carboxylic acids is 1. The third-order valence-corrected chi connectivity index (χ3v) is 2.42. The van der Waals surface area contributed by atoms with Crippen LogP contribution in [0.25, 0.3) is 0 Å². The quantitative estimate of drug-likeness (QED) is 0.785. The van der Waals surface area contributed by atoms with Gasteiger partial charge < -0.3 is 20.3 Å². The van der Waals surface area contributed by atoms with Crippen LogP contribution >= 0.6 is 0 Å². The summed E-state index contributed by atoms with van der Waals surface area (Å²) in [4.78, 5) is 33.3. The van der Waals surface area contributed by atoms with Crippen LogP contribution in [-0.4, -0.2) is 28.0 Å².